The second-order valence-electron chi connectivity index (χ2n) is 6.02. The fourth-order valence-electron chi connectivity index (χ4n) is 2.60. The molecule has 1 aromatic carbocycles. The fraction of sp³-hybridized carbons (Fsp3) is 0.500. The molecular weight excluding hydrogens is 370 g/mol. The number of rotatable bonds is 8. The first-order chi connectivity index (χ1) is 13.4. The highest BCUT2D eigenvalue weighted by Crippen LogP contribution is 2.19. The highest BCUT2D eigenvalue weighted by atomic mass is 16.6. The lowest BCUT2D eigenvalue weighted by molar-refractivity contribution is -0.508. The number of carbonyl (C=O) groups is 3. The Bertz CT molecular complexity index is 720. The Labute approximate surface area is 162 Å². The number of carbonyl (C=O) groups excluding carboxylic acids is 3. The summed E-state index contributed by atoms with van der Waals surface area (Å²) in [5.74, 6) is -0.358. The lowest BCUT2D eigenvalue weighted by Crippen LogP contribution is -2.53. The number of benzene rings is 1. The van der Waals surface area contributed by atoms with Crippen molar-refractivity contribution in [3.8, 4) is 5.75 Å². The van der Waals surface area contributed by atoms with Gasteiger partial charge in [-0.2, -0.15) is 0 Å². The second-order valence-corrected chi connectivity index (χ2v) is 6.02. The number of methoxy groups -OCH3 is 1. The van der Waals surface area contributed by atoms with Gasteiger partial charge in [-0.1, -0.05) is 0 Å². The average Bonchev–Trinajstić information content (AvgIpc) is 2.68. The summed E-state index contributed by atoms with van der Waals surface area (Å²) in [6, 6.07) is 6.00. The van der Waals surface area contributed by atoms with E-state index in [0.717, 1.165) is 0 Å². The molecule has 0 aliphatic carbocycles. The van der Waals surface area contributed by atoms with Crippen molar-refractivity contribution < 1.29 is 33.4 Å². The van der Waals surface area contributed by atoms with Crippen LogP contribution in [0.1, 0.15) is 13.3 Å². The van der Waals surface area contributed by atoms with E-state index in [4.69, 9.17) is 14.2 Å². The van der Waals surface area contributed by atoms with Gasteiger partial charge in [0.15, 0.2) is 0 Å². The smallest absolute Gasteiger partial charge is 0.415 e. The number of piperazine rings is 1. The van der Waals surface area contributed by atoms with Gasteiger partial charge in [0.2, 0.25) is 5.91 Å². The largest absolute Gasteiger partial charge is 0.466 e. The van der Waals surface area contributed by atoms with Crippen molar-refractivity contribution in [2.45, 2.75) is 13.3 Å². The summed E-state index contributed by atoms with van der Waals surface area (Å²) in [5, 5.41) is 0. The molecule has 0 bridgehead atoms. The minimum atomic E-state index is -0.651. The summed E-state index contributed by atoms with van der Waals surface area (Å²) in [6.07, 6.45) is -0.530. The molecule has 1 fully saturated rings. The van der Waals surface area contributed by atoms with Crippen LogP contribution in [0.4, 0.5) is 10.5 Å². The van der Waals surface area contributed by atoms with Crippen molar-refractivity contribution in [2.24, 2.45) is 0 Å². The lowest BCUT2D eigenvalue weighted by atomic mass is 10.3. The molecule has 1 aliphatic heterocycles. The molecule has 0 unspecified atom stereocenters. The van der Waals surface area contributed by atoms with Crippen molar-refractivity contribution in [3.63, 3.8) is 0 Å². The van der Waals surface area contributed by atoms with Gasteiger partial charge in [-0.05, 0) is 19.1 Å². The molecule has 0 radical (unpaired) electrons. The minimum absolute atomic E-state index is 0.109. The zero-order valence-electron chi connectivity index (χ0n) is 16.0. The van der Waals surface area contributed by atoms with E-state index in [-0.39, 0.29) is 43.9 Å². The first-order valence-electron chi connectivity index (χ1n) is 8.88. The third-order valence-electron chi connectivity index (χ3n) is 4.04. The molecule has 0 atom stereocenters. The number of esters is 1. The maximum atomic E-state index is 12.3. The molecule has 1 saturated heterocycles. The van der Waals surface area contributed by atoms with Crippen LogP contribution in [0, 0.1) is 4.91 Å². The lowest BCUT2D eigenvalue weighted by Gasteiger charge is -2.33. The molecule has 10 heteroatoms. The Morgan fingerprint density at radius 3 is 2.50 bits per heavy atom. The van der Waals surface area contributed by atoms with E-state index in [1.165, 1.54) is 41.2 Å². The molecule has 1 heterocycles. The number of nitrogens with zero attached hydrogens (tertiary/aromatic N) is 3. The predicted octanol–water partition coefficient (Wildman–Crippen LogP) is 1.30. The molecule has 0 N–H and O–H groups in total. The molecule has 0 saturated carbocycles. The van der Waals surface area contributed by atoms with Crippen LogP contribution < -0.4 is 4.74 Å². The SMILES string of the molecule is CCOC(=O)CCN1CCN(C(=O)Oc2ccc([N+](=O)COC)cc2)CC1=O. The highest BCUT2D eigenvalue weighted by Gasteiger charge is 2.28. The molecule has 28 heavy (non-hydrogen) atoms. The summed E-state index contributed by atoms with van der Waals surface area (Å²) in [7, 11) is 1.42. The highest BCUT2D eigenvalue weighted by molar-refractivity contribution is 5.84. The molecule has 152 valence electrons. The summed E-state index contributed by atoms with van der Waals surface area (Å²) >= 11 is 0. The topological polar surface area (TPSA) is 105 Å². The Balaban J connectivity index is 1.83. The number of ether oxygens (including phenoxy) is 3. The maximum Gasteiger partial charge on any atom is 0.415 e. The second kappa shape index (κ2) is 10.4. The van der Waals surface area contributed by atoms with E-state index in [9.17, 15) is 19.3 Å². The first kappa shape index (κ1) is 21.3. The summed E-state index contributed by atoms with van der Waals surface area (Å²) in [6.45, 7) is 2.66. The number of nitroso groups, excluding NO2 is 1. The van der Waals surface area contributed by atoms with Crippen LogP contribution in [0.15, 0.2) is 24.3 Å². The van der Waals surface area contributed by atoms with Gasteiger partial charge in [0.25, 0.3) is 5.69 Å². The van der Waals surface area contributed by atoms with Crippen molar-refractivity contribution in [1.29, 1.82) is 0 Å². The molecule has 2 rings (SSSR count). The van der Waals surface area contributed by atoms with Crippen LogP contribution in [0.2, 0.25) is 0 Å². The van der Waals surface area contributed by atoms with E-state index < -0.39 is 6.09 Å². The van der Waals surface area contributed by atoms with Crippen LogP contribution in [0.25, 0.3) is 0 Å². The van der Waals surface area contributed by atoms with E-state index in [1.54, 1.807) is 6.92 Å². The van der Waals surface area contributed by atoms with Gasteiger partial charge in [0.1, 0.15) is 12.3 Å². The average molecular weight is 394 g/mol. The van der Waals surface area contributed by atoms with Crippen molar-refractivity contribution in [1.82, 2.24) is 9.80 Å². The Kier molecular flexibility index (Phi) is 7.88. The van der Waals surface area contributed by atoms with Crippen LogP contribution in [-0.2, 0) is 19.1 Å². The van der Waals surface area contributed by atoms with Gasteiger partial charge in [-0.25, -0.2) is 4.79 Å². The van der Waals surface area contributed by atoms with E-state index in [2.05, 4.69) is 0 Å². The van der Waals surface area contributed by atoms with E-state index in [0.29, 0.717) is 30.1 Å². The number of amides is 2. The molecule has 10 nitrogen and oxygen atoms in total. The number of hydrogen-bond donors (Lipinski definition) is 0. The first-order valence-corrected chi connectivity index (χ1v) is 8.88. The Morgan fingerprint density at radius 1 is 1.18 bits per heavy atom. The van der Waals surface area contributed by atoms with E-state index in [1.807, 2.05) is 0 Å². The summed E-state index contributed by atoms with van der Waals surface area (Å²) < 4.78 is 15.5. The van der Waals surface area contributed by atoms with Crippen LogP contribution >= 0.6 is 0 Å². The molecule has 1 aromatic rings. The van der Waals surface area contributed by atoms with Crippen molar-refractivity contribution in [2.75, 3.05) is 46.6 Å². The van der Waals surface area contributed by atoms with Gasteiger partial charge < -0.3 is 19.1 Å². The molecule has 0 spiro atoms. The summed E-state index contributed by atoms with van der Waals surface area (Å²) in [5.41, 5.74) is 0.368. The standard InChI is InChI=1S/C18H24N3O7/c1-3-27-17(23)8-9-19-10-11-20(12-16(19)22)18(24)28-15-6-4-14(5-7-15)21(25)13-26-2/h4-7H,3,8-13H2,1-2H3/q+1. The van der Waals surface area contributed by atoms with E-state index >= 15 is 0 Å². The fourth-order valence-corrected chi connectivity index (χ4v) is 2.60. The normalized spacial score (nSPS) is 14.0. The molecular formula is C18H24N3O7+. The zero-order valence-corrected chi connectivity index (χ0v) is 16.0. The maximum absolute atomic E-state index is 12.3. The molecule has 1 aliphatic rings. The van der Waals surface area contributed by atoms with Crippen LogP contribution in [-0.4, -0.2) is 79.2 Å². The van der Waals surface area contributed by atoms with Gasteiger partial charge in [-0.3, -0.25) is 14.5 Å². The predicted molar refractivity (Wildman–Crippen MR) is 97.0 cm³/mol. The third-order valence-corrected chi connectivity index (χ3v) is 4.04. The quantitative estimate of drug-likeness (QED) is 0.372. The Morgan fingerprint density at radius 2 is 1.89 bits per heavy atom. The Hall–Kier alpha value is -3.01. The monoisotopic (exact) mass is 394 g/mol. The minimum Gasteiger partial charge on any atom is -0.466 e. The zero-order chi connectivity index (χ0) is 20.5. The van der Waals surface area contributed by atoms with Gasteiger partial charge in [0, 0.05) is 43.8 Å². The van der Waals surface area contributed by atoms with Gasteiger partial charge in [-0.15, -0.1) is 0 Å². The molecule has 2 amide bonds. The van der Waals surface area contributed by atoms with Gasteiger partial charge >= 0.3 is 18.8 Å². The van der Waals surface area contributed by atoms with Crippen LogP contribution in [0.3, 0.4) is 0 Å². The van der Waals surface area contributed by atoms with Crippen molar-refractivity contribution >= 4 is 23.7 Å². The number of hydrogen-bond acceptors (Lipinski definition) is 7. The van der Waals surface area contributed by atoms with Crippen LogP contribution in [0.5, 0.6) is 5.75 Å². The molecule has 0 aromatic heterocycles. The van der Waals surface area contributed by atoms with Gasteiger partial charge in [0.05, 0.1) is 17.8 Å². The van der Waals surface area contributed by atoms with Crippen molar-refractivity contribution in [3.05, 3.63) is 29.2 Å². The summed E-state index contributed by atoms with van der Waals surface area (Å²) in [4.78, 5) is 50.3. The third kappa shape index (κ3) is 6.02.